The van der Waals surface area contributed by atoms with Crippen LogP contribution in [0.4, 0.5) is 0 Å². The zero-order valence-electron chi connectivity index (χ0n) is 13.3. The van der Waals surface area contributed by atoms with Crippen molar-refractivity contribution in [1.82, 2.24) is 19.4 Å². The number of aromatic nitrogens is 3. The SMILES string of the molecule is O=C(c1ccnc(-n2ccnc2)c1)N1CCC[C@@H]2CCCC[C@@H]21. The van der Waals surface area contributed by atoms with Crippen LogP contribution in [0.15, 0.2) is 37.1 Å². The molecule has 1 aliphatic carbocycles. The van der Waals surface area contributed by atoms with Gasteiger partial charge in [-0.25, -0.2) is 9.97 Å². The maximum atomic E-state index is 13.0. The van der Waals surface area contributed by atoms with E-state index in [0.717, 1.165) is 30.8 Å². The number of carbonyl (C=O) groups excluding carboxylic acids is 1. The van der Waals surface area contributed by atoms with Crippen LogP contribution in [0.5, 0.6) is 0 Å². The van der Waals surface area contributed by atoms with Gasteiger partial charge < -0.3 is 4.90 Å². The first-order valence-corrected chi connectivity index (χ1v) is 8.58. The van der Waals surface area contributed by atoms with E-state index in [1.165, 1.54) is 25.7 Å². The molecular formula is C18H22N4O. The lowest BCUT2D eigenvalue weighted by Crippen LogP contribution is -2.49. The third kappa shape index (κ3) is 2.76. The number of amides is 1. The standard InChI is InChI=1S/C18H22N4O/c23-18(22-10-3-5-14-4-1-2-6-16(14)22)15-7-8-20-17(12-15)21-11-9-19-13-21/h7-9,11-14,16H,1-6,10H2/t14-,16-/m0/s1. The molecule has 0 spiro atoms. The third-order valence-corrected chi connectivity index (χ3v) is 5.27. The molecule has 23 heavy (non-hydrogen) atoms. The van der Waals surface area contributed by atoms with Crippen LogP contribution in [-0.4, -0.2) is 37.9 Å². The zero-order valence-corrected chi connectivity index (χ0v) is 13.3. The number of hydrogen-bond donors (Lipinski definition) is 0. The van der Waals surface area contributed by atoms with E-state index in [1.54, 1.807) is 18.7 Å². The average Bonchev–Trinajstić information content (AvgIpc) is 3.15. The number of hydrogen-bond acceptors (Lipinski definition) is 3. The predicted octanol–water partition coefficient (Wildman–Crippen LogP) is 3.06. The minimum atomic E-state index is 0.158. The molecular weight excluding hydrogens is 288 g/mol. The third-order valence-electron chi connectivity index (χ3n) is 5.27. The molecule has 2 aliphatic rings. The number of piperidine rings is 1. The van der Waals surface area contributed by atoms with E-state index in [0.29, 0.717) is 12.0 Å². The first-order valence-electron chi connectivity index (χ1n) is 8.58. The Kier molecular flexibility index (Phi) is 3.85. The van der Waals surface area contributed by atoms with Gasteiger partial charge >= 0.3 is 0 Å². The Morgan fingerprint density at radius 3 is 2.87 bits per heavy atom. The molecule has 0 bridgehead atoms. The summed E-state index contributed by atoms with van der Waals surface area (Å²) in [5.41, 5.74) is 0.731. The van der Waals surface area contributed by atoms with Crippen molar-refractivity contribution in [3.05, 3.63) is 42.6 Å². The van der Waals surface area contributed by atoms with E-state index in [9.17, 15) is 4.79 Å². The number of carbonyl (C=O) groups is 1. The highest BCUT2D eigenvalue weighted by Gasteiger charge is 2.36. The molecule has 2 aromatic heterocycles. The molecule has 0 aromatic carbocycles. The average molecular weight is 310 g/mol. The second-order valence-corrected chi connectivity index (χ2v) is 6.63. The Hall–Kier alpha value is -2.17. The van der Waals surface area contributed by atoms with Gasteiger partial charge in [0, 0.05) is 36.7 Å². The molecule has 1 aliphatic heterocycles. The zero-order chi connectivity index (χ0) is 15.6. The van der Waals surface area contributed by atoms with Gasteiger partial charge in [-0.15, -0.1) is 0 Å². The molecule has 2 aromatic rings. The van der Waals surface area contributed by atoms with Crippen LogP contribution in [0.3, 0.4) is 0 Å². The topological polar surface area (TPSA) is 51.0 Å². The lowest BCUT2D eigenvalue weighted by atomic mass is 9.78. The first-order chi connectivity index (χ1) is 11.3. The normalized spacial score (nSPS) is 24.3. The molecule has 5 nitrogen and oxygen atoms in total. The molecule has 4 rings (SSSR count). The highest BCUT2D eigenvalue weighted by Crippen LogP contribution is 2.35. The van der Waals surface area contributed by atoms with Gasteiger partial charge in [-0.1, -0.05) is 12.8 Å². The van der Waals surface area contributed by atoms with E-state index >= 15 is 0 Å². The van der Waals surface area contributed by atoms with Crippen molar-refractivity contribution in [1.29, 1.82) is 0 Å². The summed E-state index contributed by atoms with van der Waals surface area (Å²) in [6.45, 7) is 0.892. The van der Waals surface area contributed by atoms with Crippen LogP contribution in [0.2, 0.25) is 0 Å². The molecule has 1 saturated heterocycles. The van der Waals surface area contributed by atoms with Crippen molar-refractivity contribution < 1.29 is 4.79 Å². The summed E-state index contributed by atoms with van der Waals surface area (Å²) in [6.07, 6.45) is 14.4. The van der Waals surface area contributed by atoms with E-state index in [2.05, 4.69) is 14.9 Å². The molecule has 2 fully saturated rings. The summed E-state index contributed by atoms with van der Waals surface area (Å²) in [5, 5.41) is 0. The van der Waals surface area contributed by atoms with E-state index in [1.807, 2.05) is 22.9 Å². The fraction of sp³-hybridized carbons (Fsp3) is 0.500. The number of nitrogens with zero attached hydrogens (tertiary/aromatic N) is 4. The lowest BCUT2D eigenvalue weighted by Gasteiger charge is -2.44. The molecule has 0 N–H and O–H groups in total. The van der Waals surface area contributed by atoms with Crippen LogP contribution in [0.1, 0.15) is 48.9 Å². The molecule has 120 valence electrons. The maximum Gasteiger partial charge on any atom is 0.254 e. The van der Waals surface area contributed by atoms with Crippen molar-refractivity contribution in [3.8, 4) is 5.82 Å². The molecule has 5 heteroatoms. The quantitative estimate of drug-likeness (QED) is 0.856. The van der Waals surface area contributed by atoms with Gasteiger partial charge in [-0.05, 0) is 43.7 Å². The summed E-state index contributed by atoms with van der Waals surface area (Å²) in [5.74, 6) is 1.60. The summed E-state index contributed by atoms with van der Waals surface area (Å²) in [6, 6.07) is 4.14. The summed E-state index contributed by atoms with van der Waals surface area (Å²) in [4.78, 5) is 23.6. The Bertz CT molecular complexity index is 680. The lowest BCUT2D eigenvalue weighted by molar-refractivity contribution is 0.0390. The van der Waals surface area contributed by atoms with Crippen molar-refractivity contribution in [2.75, 3.05) is 6.54 Å². The van der Waals surface area contributed by atoms with Gasteiger partial charge in [-0.3, -0.25) is 9.36 Å². The highest BCUT2D eigenvalue weighted by atomic mass is 16.2. The fourth-order valence-electron chi connectivity index (χ4n) is 4.13. The van der Waals surface area contributed by atoms with Crippen molar-refractivity contribution in [3.63, 3.8) is 0 Å². The van der Waals surface area contributed by atoms with Crippen LogP contribution in [-0.2, 0) is 0 Å². The van der Waals surface area contributed by atoms with Gasteiger partial charge in [0.1, 0.15) is 12.1 Å². The fourth-order valence-corrected chi connectivity index (χ4v) is 4.13. The summed E-state index contributed by atoms with van der Waals surface area (Å²) >= 11 is 0. The van der Waals surface area contributed by atoms with E-state index < -0.39 is 0 Å². The van der Waals surface area contributed by atoms with E-state index in [-0.39, 0.29) is 5.91 Å². The molecule has 0 unspecified atom stereocenters. The van der Waals surface area contributed by atoms with Gasteiger partial charge in [0.15, 0.2) is 0 Å². The smallest absolute Gasteiger partial charge is 0.254 e. The van der Waals surface area contributed by atoms with Crippen LogP contribution < -0.4 is 0 Å². The molecule has 2 atom stereocenters. The van der Waals surface area contributed by atoms with Crippen molar-refractivity contribution in [2.45, 2.75) is 44.6 Å². The minimum absolute atomic E-state index is 0.158. The number of rotatable bonds is 2. The van der Waals surface area contributed by atoms with Crippen LogP contribution in [0.25, 0.3) is 5.82 Å². The van der Waals surface area contributed by atoms with Gasteiger partial charge in [0.05, 0.1) is 0 Å². The number of fused-ring (bicyclic) bond motifs is 1. The first kappa shape index (κ1) is 14.4. The number of likely N-dealkylation sites (tertiary alicyclic amines) is 1. The van der Waals surface area contributed by atoms with Gasteiger partial charge in [0.25, 0.3) is 5.91 Å². The predicted molar refractivity (Wildman–Crippen MR) is 87.4 cm³/mol. The number of pyridine rings is 1. The molecule has 3 heterocycles. The van der Waals surface area contributed by atoms with Crippen molar-refractivity contribution >= 4 is 5.91 Å². The minimum Gasteiger partial charge on any atom is -0.335 e. The summed E-state index contributed by atoms with van der Waals surface area (Å²) < 4.78 is 1.83. The highest BCUT2D eigenvalue weighted by molar-refractivity contribution is 5.94. The molecule has 1 amide bonds. The second kappa shape index (κ2) is 6.14. The summed E-state index contributed by atoms with van der Waals surface area (Å²) in [7, 11) is 0. The van der Waals surface area contributed by atoms with Gasteiger partial charge in [-0.2, -0.15) is 0 Å². The Balaban J connectivity index is 1.60. The van der Waals surface area contributed by atoms with Gasteiger partial charge in [0.2, 0.25) is 0 Å². The van der Waals surface area contributed by atoms with Crippen LogP contribution >= 0.6 is 0 Å². The number of imidazole rings is 1. The maximum absolute atomic E-state index is 13.0. The Labute approximate surface area is 136 Å². The van der Waals surface area contributed by atoms with E-state index in [4.69, 9.17) is 0 Å². The Morgan fingerprint density at radius 1 is 1.13 bits per heavy atom. The largest absolute Gasteiger partial charge is 0.335 e. The monoisotopic (exact) mass is 310 g/mol. The van der Waals surface area contributed by atoms with Crippen molar-refractivity contribution in [2.24, 2.45) is 5.92 Å². The molecule has 0 radical (unpaired) electrons. The second-order valence-electron chi connectivity index (χ2n) is 6.63. The molecule has 1 saturated carbocycles. The van der Waals surface area contributed by atoms with Crippen LogP contribution in [0, 0.1) is 5.92 Å². The Morgan fingerprint density at radius 2 is 2.00 bits per heavy atom.